The zero-order chi connectivity index (χ0) is 13.0. The lowest BCUT2D eigenvalue weighted by molar-refractivity contribution is 0.341. The van der Waals surface area contributed by atoms with Crippen LogP contribution >= 0.6 is 0 Å². The van der Waals surface area contributed by atoms with E-state index in [1.807, 2.05) is 6.07 Å². The van der Waals surface area contributed by atoms with Gasteiger partial charge in [-0.25, -0.2) is 0 Å². The van der Waals surface area contributed by atoms with Crippen molar-refractivity contribution >= 4 is 6.08 Å². The van der Waals surface area contributed by atoms with Crippen LogP contribution in [0, 0.1) is 0 Å². The van der Waals surface area contributed by atoms with Gasteiger partial charge in [0.15, 0.2) is 11.5 Å². The third-order valence-electron chi connectivity index (χ3n) is 2.69. The Morgan fingerprint density at radius 3 is 2.00 bits per heavy atom. The van der Waals surface area contributed by atoms with E-state index in [0.29, 0.717) is 5.75 Å². The third kappa shape index (κ3) is 2.38. The largest absolute Gasteiger partial charge is 0.496 e. The molecule has 3 heteroatoms. The van der Waals surface area contributed by atoms with Crippen molar-refractivity contribution in [1.29, 1.82) is 0 Å². The Balaban J connectivity index is 3.63. The van der Waals surface area contributed by atoms with Crippen LogP contribution in [0.15, 0.2) is 12.6 Å². The molecular formula is C14H20O3. The lowest BCUT2D eigenvalue weighted by atomic mass is 9.97. The van der Waals surface area contributed by atoms with Gasteiger partial charge in [0, 0.05) is 11.1 Å². The van der Waals surface area contributed by atoms with Crippen molar-refractivity contribution in [2.24, 2.45) is 0 Å². The minimum Gasteiger partial charge on any atom is -0.496 e. The summed E-state index contributed by atoms with van der Waals surface area (Å²) in [5.74, 6) is 2.50. The Kier molecular flexibility index (Phi) is 4.44. The molecule has 0 amide bonds. The van der Waals surface area contributed by atoms with Crippen LogP contribution in [0.1, 0.15) is 30.9 Å². The first-order chi connectivity index (χ1) is 8.10. The van der Waals surface area contributed by atoms with Gasteiger partial charge < -0.3 is 14.2 Å². The molecule has 1 aromatic carbocycles. The zero-order valence-electron chi connectivity index (χ0n) is 11.2. The molecule has 17 heavy (non-hydrogen) atoms. The van der Waals surface area contributed by atoms with Crippen molar-refractivity contribution < 1.29 is 14.2 Å². The second-order valence-electron chi connectivity index (χ2n) is 4.01. The molecule has 0 saturated heterocycles. The number of rotatable bonds is 5. The summed E-state index contributed by atoms with van der Waals surface area (Å²) in [6.07, 6.45) is 1.76. The van der Waals surface area contributed by atoms with Gasteiger partial charge in [0.05, 0.1) is 21.3 Å². The molecule has 3 nitrogen and oxygen atoms in total. The fourth-order valence-electron chi connectivity index (χ4n) is 1.93. The van der Waals surface area contributed by atoms with Gasteiger partial charge in [-0.15, -0.1) is 0 Å². The van der Waals surface area contributed by atoms with Gasteiger partial charge in [0.1, 0.15) is 5.75 Å². The monoisotopic (exact) mass is 236 g/mol. The van der Waals surface area contributed by atoms with Crippen LogP contribution in [0.5, 0.6) is 17.2 Å². The van der Waals surface area contributed by atoms with Gasteiger partial charge in [-0.05, 0) is 12.0 Å². The summed E-state index contributed by atoms with van der Waals surface area (Å²) in [5, 5.41) is 0. The quantitative estimate of drug-likeness (QED) is 0.783. The molecule has 0 radical (unpaired) electrons. The van der Waals surface area contributed by atoms with Gasteiger partial charge in [-0.3, -0.25) is 0 Å². The molecule has 0 bridgehead atoms. The average Bonchev–Trinajstić information content (AvgIpc) is 2.35. The Morgan fingerprint density at radius 1 is 1.06 bits per heavy atom. The van der Waals surface area contributed by atoms with Gasteiger partial charge in [-0.1, -0.05) is 26.5 Å². The minimum atomic E-state index is 0.272. The molecule has 0 unspecified atom stereocenters. The van der Waals surface area contributed by atoms with Crippen LogP contribution in [-0.4, -0.2) is 21.3 Å². The van der Waals surface area contributed by atoms with E-state index >= 15 is 0 Å². The summed E-state index contributed by atoms with van der Waals surface area (Å²) in [6, 6.07) is 1.87. The second kappa shape index (κ2) is 5.62. The molecule has 0 atom stereocenters. The minimum absolute atomic E-state index is 0.272. The van der Waals surface area contributed by atoms with Crippen molar-refractivity contribution in [3.63, 3.8) is 0 Å². The smallest absolute Gasteiger partial charge is 0.167 e. The SMILES string of the molecule is C=Cc1cc(OC)c(OC)c(C(C)C)c1OC. The first kappa shape index (κ1) is 13.4. The highest BCUT2D eigenvalue weighted by atomic mass is 16.5. The fraction of sp³-hybridized carbons (Fsp3) is 0.429. The molecule has 0 N–H and O–H groups in total. The lowest BCUT2D eigenvalue weighted by Crippen LogP contribution is -2.03. The fourth-order valence-corrected chi connectivity index (χ4v) is 1.93. The highest BCUT2D eigenvalue weighted by Crippen LogP contribution is 2.44. The summed E-state index contributed by atoms with van der Waals surface area (Å²) in [5.41, 5.74) is 1.91. The summed E-state index contributed by atoms with van der Waals surface area (Å²) in [6.45, 7) is 7.97. The van der Waals surface area contributed by atoms with Crippen LogP contribution in [0.2, 0.25) is 0 Å². The first-order valence-electron chi connectivity index (χ1n) is 5.55. The van der Waals surface area contributed by atoms with E-state index in [2.05, 4.69) is 20.4 Å². The molecule has 0 aliphatic heterocycles. The van der Waals surface area contributed by atoms with Crippen LogP contribution in [-0.2, 0) is 0 Å². The maximum absolute atomic E-state index is 5.46. The number of benzene rings is 1. The van der Waals surface area contributed by atoms with Gasteiger partial charge >= 0.3 is 0 Å². The standard InChI is InChI=1S/C14H20O3/c1-7-10-8-11(15-4)14(17-6)12(9(2)3)13(10)16-5/h7-9H,1H2,2-6H3. The van der Waals surface area contributed by atoms with E-state index in [0.717, 1.165) is 22.6 Å². The van der Waals surface area contributed by atoms with Crippen LogP contribution < -0.4 is 14.2 Å². The number of methoxy groups -OCH3 is 3. The Bertz CT molecular complexity index is 408. The van der Waals surface area contributed by atoms with E-state index < -0.39 is 0 Å². The molecule has 0 fully saturated rings. The maximum Gasteiger partial charge on any atom is 0.167 e. The average molecular weight is 236 g/mol. The molecule has 0 saturated carbocycles. The normalized spacial score (nSPS) is 10.2. The summed E-state index contributed by atoms with van der Waals surface area (Å²) < 4.78 is 16.2. The van der Waals surface area contributed by atoms with Crippen LogP contribution in [0.4, 0.5) is 0 Å². The molecule has 1 rings (SSSR count). The first-order valence-corrected chi connectivity index (χ1v) is 5.55. The maximum atomic E-state index is 5.46. The van der Waals surface area contributed by atoms with Crippen molar-refractivity contribution in [3.05, 3.63) is 23.8 Å². The topological polar surface area (TPSA) is 27.7 Å². The van der Waals surface area contributed by atoms with E-state index in [9.17, 15) is 0 Å². The van der Waals surface area contributed by atoms with Crippen molar-refractivity contribution in [2.45, 2.75) is 19.8 Å². The molecule has 0 aliphatic carbocycles. The molecule has 0 aromatic heterocycles. The Labute approximate surface area is 103 Å². The van der Waals surface area contributed by atoms with Crippen molar-refractivity contribution in [1.82, 2.24) is 0 Å². The van der Waals surface area contributed by atoms with Crippen molar-refractivity contribution in [3.8, 4) is 17.2 Å². The van der Waals surface area contributed by atoms with Gasteiger partial charge in [0.2, 0.25) is 0 Å². The number of ether oxygens (including phenoxy) is 3. The predicted octanol–water partition coefficient (Wildman–Crippen LogP) is 3.48. The second-order valence-corrected chi connectivity index (χ2v) is 4.01. The van der Waals surface area contributed by atoms with E-state index in [1.165, 1.54) is 0 Å². The molecule has 94 valence electrons. The number of hydrogen-bond donors (Lipinski definition) is 0. The van der Waals surface area contributed by atoms with E-state index in [-0.39, 0.29) is 5.92 Å². The Hall–Kier alpha value is -1.64. The lowest BCUT2D eigenvalue weighted by Gasteiger charge is -2.20. The summed E-state index contributed by atoms with van der Waals surface area (Å²) in [7, 11) is 4.91. The number of hydrogen-bond acceptors (Lipinski definition) is 3. The molecule has 1 aromatic rings. The highest BCUT2D eigenvalue weighted by Gasteiger charge is 2.21. The predicted molar refractivity (Wildman–Crippen MR) is 70.3 cm³/mol. The van der Waals surface area contributed by atoms with Crippen molar-refractivity contribution in [2.75, 3.05) is 21.3 Å². The zero-order valence-corrected chi connectivity index (χ0v) is 11.2. The molecule has 0 aliphatic rings. The van der Waals surface area contributed by atoms with Gasteiger partial charge in [0.25, 0.3) is 0 Å². The van der Waals surface area contributed by atoms with Crippen LogP contribution in [0.25, 0.3) is 6.08 Å². The van der Waals surface area contributed by atoms with E-state index in [4.69, 9.17) is 14.2 Å². The third-order valence-corrected chi connectivity index (χ3v) is 2.69. The summed E-state index contributed by atoms with van der Waals surface area (Å²) >= 11 is 0. The van der Waals surface area contributed by atoms with Gasteiger partial charge in [-0.2, -0.15) is 0 Å². The molecule has 0 spiro atoms. The molecule has 0 heterocycles. The van der Waals surface area contributed by atoms with E-state index in [1.54, 1.807) is 27.4 Å². The highest BCUT2D eigenvalue weighted by molar-refractivity contribution is 5.67. The summed E-state index contributed by atoms with van der Waals surface area (Å²) in [4.78, 5) is 0. The molecular weight excluding hydrogens is 216 g/mol. The Morgan fingerprint density at radius 2 is 1.65 bits per heavy atom. The van der Waals surface area contributed by atoms with Crippen LogP contribution in [0.3, 0.4) is 0 Å².